The molecule has 0 heterocycles. The number of oxime groups is 1. The second-order valence-corrected chi connectivity index (χ2v) is 2.83. The maximum absolute atomic E-state index is 10.1. The van der Waals surface area contributed by atoms with Gasteiger partial charge in [-0.3, -0.25) is 0 Å². The van der Waals surface area contributed by atoms with E-state index in [1.807, 2.05) is 0 Å². The minimum Gasteiger partial charge on any atom is -0.479 e. The highest BCUT2D eigenvalue weighted by Crippen LogP contribution is 2.12. The molecule has 0 amide bonds. The van der Waals surface area contributed by atoms with E-state index in [0.717, 1.165) is 0 Å². The van der Waals surface area contributed by atoms with E-state index in [4.69, 9.17) is 16.7 Å². The number of hydrogen-bond acceptors (Lipinski definition) is 3. The Morgan fingerprint density at radius 1 is 1.57 bits per heavy atom. The van der Waals surface area contributed by atoms with E-state index in [-0.39, 0.29) is 0 Å². The van der Waals surface area contributed by atoms with Gasteiger partial charge in [0.25, 0.3) is 0 Å². The summed E-state index contributed by atoms with van der Waals surface area (Å²) in [5.74, 6) is -1.07. The molecule has 0 aliphatic carbocycles. The summed E-state index contributed by atoms with van der Waals surface area (Å²) < 4.78 is 0. The first-order valence-corrected chi connectivity index (χ1v) is 4.19. The van der Waals surface area contributed by atoms with Crippen molar-refractivity contribution in [1.82, 2.24) is 0 Å². The average molecular weight is 214 g/mol. The predicted molar refractivity (Wildman–Crippen MR) is 52.6 cm³/mol. The van der Waals surface area contributed by atoms with Crippen LogP contribution in [0.1, 0.15) is 5.56 Å². The van der Waals surface area contributed by atoms with Crippen LogP contribution < -0.4 is 0 Å². The molecule has 0 aliphatic rings. The summed E-state index contributed by atoms with van der Waals surface area (Å²) in [6, 6.07) is 7.04. The second-order valence-electron chi connectivity index (χ2n) is 2.42. The molecule has 14 heavy (non-hydrogen) atoms. The van der Waals surface area contributed by atoms with Crippen molar-refractivity contribution in [2.75, 3.05) is 6.61 Å². The van der Waals surface area contributed by atoms with Gasteiger partial charge in [-0.2, -0.15) is 0 Å². The number of nitrogens with zero attached hydrogens (tertiary/aromatic N) is 1. The van der Waals surface area contributed by atoms with Crippen LogP contribution in [-0.4, -0.2) is 23.9 Å². The first-order chi connectivity index (χ1) is 6.70. The molecule has 74 valence electrons. The summed E-state index contributed by atoms with van der Waals surface area (Å²) in [4.78, 5) is 14.5. The second kappa shape index (κ2) is 5.24. The van der Waals surface area contributed by atoms with Crippen molar-refractivity contribution in [3.05, 3.63) is 34.9 Å². The van der Waals surface area contributed by atoms with Gasteiger partial charge in [-0.05, 0) is 6.07 Å². The fourth-order valence-corrected chi connectivity index (χ4v) is 0.951. The summed E-state index contributed by atoms with van der Waals surface area (Å²) in [6.45, 7) is -0.457. The van der Waals surface area contributed by atoms with Crippen LogP contribution in [0.15, 0.2) is 29.4 Å². The third-order valence-electron chi connectivity index (χ3n) is 1.36. The van der Waals surface area contributed by atoms with Gasteiger partial charge in [0.15, 0.2) is 0 Å². The Morgan fingerprint density at radius 2 is 2.29 bits per heavy atom. The molecule has 1 aromatic carbocycles. The lowest BCUT2D eigenvalue weighted by atomic mass is 10.2. The summed E-state index contributed by atoms with van der Waals surface area (Å²) >= 11 is 5.80. The van der Waals surface area contributed by atoms with Crippen LogP contribution in [0.25, 0.3) is 0 Å². The molecule has 0 fully saturated rings. The molecule has 1 N–H and O–H groups in total. The Balaban J connectivity index is 2.52. The van der Waals surface area contributed by atoms with Gasteiger partial charge in [-0.25, -0.2) is 4.79 Å². The van der Waals surface area contributed by atoms with Gasteiger partial charge in [-0.1, -0.05) is 35.0 Å². The van der Waals surface area contributed by atoms with Crippen molar-refractivity contribution in [2.45, 2.75) is 0 Å². The van der Waals surface area contributed by atoms with Gasteiger partial charge in [-0.15, -0.1) is 0 Å². The highest BCUT2D eigenvalue weighted by atomic mass is 35.5. The van der Waals surface area contributed by atoms with E-state index in [2.05, 4.69) is 9.99 Å². The molecule has 0 aliphatic heterocycles. The minimum atomic E-state index is -1.07. The monoisotopic (exact) mass is 213 g/mol. The third kappa shape index (κ3) is 3.45. The van der Waals surface area contributed by atoms with Crippen molar-refractivity contribution < 1.29 is 14.7 Å². The largest absolute Gasteiger partial charge is 0.479 e. The Morgan fingerprint density at radius 3 is 2.93 bits per heavy atom. The van der Waals surface area contributed by atoms with E-state index in [1.165, 1.54) is 6.21 Å². The molecule has 0 bridgehead atoms. The Hall–Kier alpha value is -1.55. The van der Waals surface area contributed by atoms with Crippen molar-refractivity contribution in [3.8, 4) is 0 Å². The zero-order valence-corrected chi connectivity index (χ0v) is 7.94. The molecule has 1 rings (SSSR count). The van der Waals surface area contributed by atoms with Crippen LogP contribution in [0.3, 0.4) is 0 Å². The molecule has 0 unspecified atom stereocenters. The maximum atomic E-state index is 10.1. The number of hydrogen-bond donors (Lipinski definition) is 1. The van der Waals surface area contributed by atoms with E-state index in [9.17, 15) is 4.79 Å². The fraction of sp³-hybridized carbons (Fsp3) is 0.111. The third-order valence-corrected chi connectivity index (χ3v) is 1.70. The molecular weight excluding hydrogens is 206 g/mol. The minimum absolute atomic E-state index is 0.457. The highest BCUT2D eigenvalue weighted by Gasteiger charge is 1.96. The number of carboxylic acids is 1. The molecule has 0 spiro atoms. The maximum Gasteiger partial charge on any atom is 0.344 e. The van der Waals surface area contributed by atoms with Gasteiger partial charge >= 0.3 is 5.97 Å². The molecule has 0 radical (unpaired) electrons. The molecular formula is C9H8ClNO3. The summed E-state index contributed by atoms with van der Waals surface area (Å²) in [7, 11) is 0. The first kappa shape index (κ1) is 10.5. The van der Waals surface area contributed by atoms with Gasteiger partial charge in [0.05, 0.1) is 6.21 Å². The Bertz CT molecular complexity index is 352. The lowest BCUT2D eigenvalue weighted by Crippen LogP contribution is -2.03. The topological polar surface area (TPSA) is 58.9 Å². The predicted octanol–water partition coefficient (Wildman–Crippen LogP) is 1.78. The Labute approximate surface area is 85.7 Å². The highest BCUT2D eigenvalue weighted by molar-refractivity contribution is 6.33. The van der Waals surface area contributed by atoms with Crippen LogP contribution in [0.2, 0.25) is 5.02 Å². The van der Waals surface area contributed by atoms with Crippen LogP contribution in [0.4, 0.5) is 0 Å². The van der Waals surface area contributed by atoms with Crippen molar-refractivity contribution in [2.24, 2.45) is 5.16 Å². The molecule has 0 saturated heterocycles. The number of halogens is 1. The summed E-state index contributed by atoms with van der Waals surface area (Å²) in [5, 5.41) is 12.2. The van der Waals surface area contributed by atoms with Crippen molar-refractivity contribution in [1.29, 1.82) is 0 Å². The number of rotatable bonds is 4. The van der Waals surface area contributed by atoms with Crippen molar-refractivity contribution in [3.63, 3.8) is 0 Å². The van der Waals surface area contributed by atoms with Crippen LogP contribution >= 0.6 is 11.6 Å². The number of benzene rings is 1. The molecule has 4 nitrogen and oxygen atoms in total. The lowest BCUT2D eigenvalue weighted by molar-refractivity contribution is -0.142. The van der Waals surface area contributed by atoms with Crippen LogP contribution in [-0.2, 0) is 9.63 Å². The van der Waals surface area contributed by atoms with Gasteiger partial charge in [0, 0.05) is 10.6 Å². The Kier molecular flexibility index (Phi) is 3.94. The lowest BCUT2D eigenvalue weighted by Gasteiger charge is -1.95. The smallest absolute Gasteiger partial charge is 0.344 e. The summed E-state index contributed by atoms with van der Waals surface area (Å²) in [5.41, 5.74) is 0.680. The quantitative estimate of drug-likeness (QED) is 0.613. The molecule has 0 saturated carbocycles. The number of carboxylic acid groups (broad SMARTS) is 1. The van der Waals surface area contributed by atoms with Gasteiger partial charge in [0.1, 0.15) is 0 Å². The van der Waals surface area contributed by atoms with Crippen LogP contribution in [0, 0.1) is 0 Å². The van der Waals surface area contributed by atoms with Gasteiger partial charge in [0.2, 0.25) is 6.61 Å². The van der Waals surface area contributed by atoms with E-state index >= 15 is 0 Å². The zero-order chi connectivity index (χ0) is 10.4. The molecule has 0 aromatic heterocycles. The summed E-state index contributed by atoms with van der Waals surface area (Å²) in [6.07, 6.45) is 1.37. The molecule has 5 heteroatoms. The number of carbonyl (C=O) groups is 1. The van der Waals surface area contributed by atoms with E-state index in [1.54, 1.807) is 24.3 Å². The fourth-order valence-electron chi connectivity index (χ4n) is 0.766. The van der Waals surface area contributed by atoms with Gasteiger partial charge < -0.3 is 9.94 Å². The molecule has 1 aromatic rings. The molecule has 0 atom stereocenters. The van der Waals surface area contributed by atoms with E-state index in [0.29, 0.717) is 10.6 Å². The van der Waals surface area contributed by atoms with Crippen LogP contribution in [0.5, 0.6) is 0 Å². The van der Waals surface area contributed by atoms with Crippen molar-refractivity contribution >= 4 is 23.8 Å². The van der Waals surface area contributed by atoms with E-state index < -0.39 is 12.6 Å². The first-order valence-electron chi connectivity index (χ1n) is 3.82. The number of aliphatic carboxylic acids is 1. The normalized spacial score (nSPS) is 10.4. The standard InChI is InChI=1S/C9H8ClNO3/c10-8-4-2-1-3-7(8)5-11-14-6-9(12)13/h1-5H,6H2,(H,12,13)/b11-5+. The average Bonchev–Trinajstić information content (AvgIpc) is 2.15. The zero-order valence-electron chi connectivity index (χ0n) is 7.18. The SMILES string of the molecule is O=C(O)CO/N=C/c1ccccc1Cl.